The molecule has 0 aromatic heterocycles. The summed E-state index contributed by atoms with van der Waals surface area (Å²) in [5.41, 5.74) is 0.880. The number of hydrogen-bond donors (Lipinski definition) is 0. The SMILES string of the molecule is CC(F)(F)C1CCN(Cc2ccc(OS(=O)(=O)F)cc2)CC1. The van der Waals surface area contributed by atoms with E-state index >= 15 is 0 Å². The summed E-state index contributed by atoms with van der Waals surface area (Å²) in [5.74, 6) is -3.31. The molecule has 1 aliphatic heterocycles. The van der Waals surface area contributed by atoms with E-state index in [-0.39, 0.29) is 5.75 Å². The fourth-order valence-electron chi connectivity index (χ4n) is 2.62. The Hall–Kier alpha value is -1.28. The number of hydrogen-bond acceptors (Lipinski definition) is 4. The van der Waals surface area contributed by atoms with Crippen LogP contribution in [0.5, 0.6) is 5.75 Å². The summed E-state index contributed by atoms with van der Waals surface area (Å²) in [6, 6.07) is 5.97. The van der Waals surface area contributed by atoms with Gasteiger partial charge in [0.2, 0.25) is 5.92 Å². The van der Waals surface area contributed by atoms with E-state index in [0.29, 0.717) is 32.5 Å². The summed E-state index contributed by atoms with van der Waals surface area (Å²) in [5, 5.41) is 0. The Bertz CT molecular complexity index is 591. The third-order valence-electron chi connectivity index (χ3n) is 3.83. The van der Waals surface area contributed by atoms with Gasteiger partial charge < -0.3 is 4.18 Å². The average Bonchev–Trinajstić information content (AvgIpc) is 2.39. The van der Waals surface area contributed by atoms with Crippen LogP contribution in [-0.2, 0) is 17.0 Å². The van der Waals surface area contributed by atoms with Crippen molar-refractivity contribution in [1.82, 2.24) is 4.90 Å². The topological polar surface area (TPSA) is 46.6 Å². The van der Waals surface area contributed by atoms with Crippen molar-refractivity contribution in [2.24, 2.45) is 5.92 Å². The number of rotatable bonds is 5. The minimum absolute atomic E-state index is 0.101. The lowest BCUT2D eigenvalue weighted by Gasteiger charge is -2.34. The van der Waals surface area contributed by atoms with Crippen LogP contribution in [0.1, 0.15) is 25.3 Å². The second-order valence-corrected chi connectivity index (χ2v) is 6.58. The Balaban J connectivity index is 1.87. The lowest BCUT2D eigenvalue weighted by molar-refractivity contribution is -0.0626. The summed E-state index contributed by atoms with van der Waals surface area (Å²) >= 11 is 0. The monoisotopic (exact) mass is 337 g/mol. The van der Waals surface area contributed by atoms with Gasteiger partial charge in [-0.25, -0.2) is 8.78 Å². The van der Waals surface area contributed by atoms with Crippen LogP contribution in [-0.4, -0.2) is 32.3 Å². The zero-order valence-electron chi connectivity index (χ0n) is 12.1. The van der Waals surface area contributed by atoms with Crippen LogP contribution in [0.3, 0.4) is 0 Å². The highest BCUT2D eigenvalue weighted by Gasteiger charge is 2.36. The standard InChI is InChI=1S/C14H18F3NO3S/c1-14(15,16)12-6-8-18(9-7-12)10-11-2-4-13(5-3-11)21-22(17,19)20/h2-5,12H,6-10H2,1H3. The fourth-order valence-corrected chi connectivity index (χ4v) is 2.96. The summed E-state index contributed by atoms with van der Waals surface area (Å²) in [7, 11) is -5.02. The van der Waals surface area contributed by atoms with E-state index in [2.05, 4.69) is 9.08 Å². The van der Waals surface area contributed by atoms with Crippen molar-refractivity contribution in [2.45, 2.75) is 32.2 Å². The van der Waals surface area contributed by atoms with Crippen molar-refractivity contribution in [2.75, 3.05) is 13.1 Å². The maximum absolute atomic E-state index is 13.2. The number of alkyl halides is 2. The number of halogens is 3. The highest BCUT2D eigenvalue weighted by atomic mass is 32.3. The van der Waals surface area contributed by atoms with Gasteiger partial charge in [-0.3, -0.25) is 4.90 Å². The molecule has 1 aliphatic rings. The molecule has 4 nitrogen and oxygen atoms in total. The van der Waals surface area contributed by atoms with Crippen LogP contribution in [0.25, 0.3) is 0 Å². The minimum Gasteiger partial charge on any atom is -0.358 e. The maximum atomic E-state index is 13.2. The minimum atomic E-state index is -5.02. The zero-order valence-corrected chi connectivity index (χ0v) is 13.0. The van der Waals surface area contributed by atoms with Gasteiger partial charge in [0.05, 0.1) is 0 Å². The molecule has 1 fully saturated rings. The van der Waals surface area contributed by atoms with E-state index in [1.807, 2.05) is 0 Å². The third kappa shape index (κ3) is 5.17. The van der Waals surface area contributed by atoms with Gasteiger partial charge in [0.15, 0.2) is 0 Å². The lowest BCUT2D eigenvalue weighted by Crippen LogP contribution is -2.39. The molecule has 1 saturated heterocycles. The number of piperidine rings is 1. The first-order valence-electron chi connectivity index (χ1n) is 6.97. The van der Waals surface area contributed by atoms with Crippen LogP contribution in [0.4, 0.5) is 12.7 Å². The van der Waals surface area contributed by atoms with E-state index < -0.39 is 22.3 Å². The normalized spacial score (nSPS) is 18.4. The maximum Gasteiger partial charge on any atom is 0.488 e. The number of benzene rings is 1. The van der Waals surface area contributed by atoms with Crippen molar-refractivity contribution >= 4 is 10.5 Å². The molecule has 1 aromatic carbocycles. The molecule has 0 amide bonds. The van der Waals surface area contributed by atoms with Crippen LogP contribution in [0, 0.1) is 5.92 Å². The fraction of sp³-hybridized carbons (Fsp3) is 0.571. The van der Waals surface area contributed by atoms with Gasteiger partial charge in [-0.1, -0.05) is 16.0 Å². The molecule has 0 bridgehead atoms. The molecular formula is C14H18F3NO3S. The second-order valence-electron chi connectivity index (χ2n) is 5.63. The van der Waals surface area contributed by atoms with Crippen molar-refractivity contribution in [3.8, 4) is 5.75 Å². The van der Waals surface area contributed by atoms with E-state index in [1.165, 1.54) is 12.1 Å². The molecule has 2 rings (SSSR count). The summed E-state index contributed by atoms with van der Waals surface area (Å²) < 4.78 is 63.6. The van der Waals surface area contributed by atoms with Gasteiger partial charge in [-0.15, -0.1) is 0 Å². The molecular weight excluding hydrogens is 319 g/mol. The molecule has 1 heterocycles. The van der Waals surface area contributed by atoms with E-state index in [4.69, 9.17) is 0 Å². The molecule has 8 heteroatoms. The van der Waals surface area contributed by atoms with Crippen molar-refractivity contribution in [1.29, 1.82) is 0 Å². The zero-order chi connectivity index (χ0) is 16.4. The molecule has 0 aliphatic carbocycles. The second kappa shape index (κ2) is 6.45. The number of nitrogens with zero attached hydrogens (tertiary/aromatic N) is 1. The Morgan fingerprint density at radius 2 is 1.77 bits per heavy atom. The average molecular weight is 337 g/mol. The number of likely N-dealkylation sites (tertiary alicyclic amines) is 1. The first-order valence-corrected chi connectivity index (χ1v) is 8.27. The molecule has 0 saturated carbocycles. The summed E-state index contributed by atoms with van der Waals surface area (Å²) in [4.78, 5) is 2.06. The van der Waals surface area contributed by atoms with E-state index in [0.717, 1.165) is 12.5 Å². The summed E-state index contributed by atoms with van der Waals surface area (Å²) in [6.45, 7) is 2.71. The van der Waals surface area contributed by atoms with Crippen LogP contribution in [0.2, 0.25) is 0 Å². The van der Waals surface area contributed by atoms with E-state index in [1.54, 1.807) is 12.1 Å². The molecule has 0 N–H and O–H groups in total. The molecule has 0 spiro atoms. The smallest absolute Gasteiger partial charge is 0.358 e. The van der Waals surface area contributed by atoms with Gasteiger partial charge in [0, 0.05) is 12.5 Å². The first kappa shape index (κ1) is 17.1. The van der Waals surface area contributed by atoms with Gasteiger partial charge in [0.25, 0.3) is 0 Å². The Morgan fingerprint density at radius 1 is 1.23 bits per heavy atom. The molecule has 0 radical (unpaired) electrons. The van der Waals surface area contributed by atoms with Gasteiger partial charge in [0.1, 0.15) is 5.75 Å². The van der Waals surface area contributed by atoms with Crippen LogP contribution in [0.15, 0.2) is 24.3 Å². The highest BCUT2D eigenvalue weighted by Crippen LogP contribution is 2.32. The third-order valence-corrected chi connectivity index (χ3v) is 4.22. The Kier molecular flexibility index (Phi) is 5.01. The van der Waals surface area contributed by atoms with Crippen molar-refractivity contribution in [3.05, 3.63) is 29.8 Å². The van der Waals surface area contributed by atoms with Crippen molar-refractivity contribution < 1.29 is 25.3 Å². The molecule has 1 aromatic rings. The van der Waals surface area contributed by atoms with E-state index in [9.17, 15) is 21.1 Å². The largest absolute Gasteiger partial charge is 0.488 e. The quantitative estimate of drug-likeness (QED) is 0.775. The first-order chi connectivity index (χ1) is 10.1. The van der Waals surface area contributed by atoms with Crippen molar-refractivity contribution in [3.63, 3.8) is 0 Å². The lowest BCUT2D eigenvalue weighted by atomic mass is 9.91. The van der Waals surface area contributed by atoms with Crippen LogP contribution >= 0.6 is 0 Å². The highest BCUT2D eigenvalue weighted by molar-refractivity contribution is 7.81. The van der Waals surface area contributed by atoms with Gasteiger partial charge >= 0.3 is 10.5 Å². The summed E-state index contributed by atoms with van der Waals surface area (Å²) in [6.07, 6.45) is 0.898. The molecule has 0 unspecified atom stereocenters. The molecule has 0 atom stereocenters. The Morgan fingerprint density at radius 3 is 2.23 bits per heavy atom. The Labute approximate surface area is 128 Å². The predicted molar refractivity (Wildman–Crippen MR) is 75.7 cm³/mol. The van der Waals surface area contributed by atoms with Gasteiger partial charge in [-0.05, 0) is 50.6 Å². The molecule has 124 valence electrons. The van der Waals surface area contributed by atoms with Gasteiger partial charge in [-0.2, -0.15) is 8.42 Å². The van der Waals surface area contributed by atoms with Crippen LogP contribution < -0.4 is 4.18 Å². The predicted octanol–water partition coefficient (Wildman–Crippen LogP) is 3.15. The molecule has 22 heavy (non-hydrogen) atoms.